The molecule has 0 bridgehead atoms. The number of alkyl halides is 3. The van der Waals surface area contributed by atoms with E-state index in [1.165, 1.54) is 19.2 Å². The normalized spacial score (nSPS) is 25.0. The zero-order valence-electron chi connectivity index (χ0n) is 17.7. The number of rotatable bonds is 5. The van der Waals surface area contributed by atoms with E-state index in [1.54, 1.807) is 0 Å². The van der Waals surface area contributed by atoms with Crippen molar-refractivity contribution in [3.05, 3.63) is 53.2 Å². The first-order valence-corrected chi connectivity index (χ1v) is 9.65. The maximum atomic E-state index is 14.3. The van der Waals surface area contributed by atoms with E-state index in [-0.39, 0.29) is 16.9 Å². The number of carbonyl (C=O) groups excluding carboxylic acids is 2. The SMILES string of the molecule is COc1c([C@H]2[C@@H](C)[C@](C)(C(F)(F)F)O[C@H]2C(=O)Nc2cc(C(N)=O)ccn2)ccc(F)c1F. The molecule has 178 valence electrons. The van der Waals surface area contributed by atoms with Crippen LogP contribution >= 0.6 is 0 Å². The van der Waals surface area contributed by atoms with Crippen molar-refractivity contribution >= 4 is 17.6 Å². The standard InChI is InChI=1S/C21H20F5N3O4/c1-9-14(11-4-5-12(22)15(23)16(11)32-3)17(33-20(9,2)21(24,25)26)19(31)29-13-8-10(18(27)30)6-7-28-13/h4-9,14,17H,1-3H3,(H2,27,30)(H,28,29,31)/t9-,14-,17-,20-/m1/s1. The quantitative estimate of drug-likeness (QED) is 0.647. The van der Waals surface area contributed by atoms with Gasteiger partial charge in [0.1, 0.15) is 11.9 Å². The molecule has 1 aliphatic heterocycles. The molecule has 1 saturated heterocycles. The van der Waals surface area contributed by atoms with Crippen LogP contribution in [0.5, 0.6) is 5.75 Å². The highest BCUT2D eigenvalue weighted by atomic mass is 19.4. The summed E-state index contributed by atoms with van der Waals surface area (Å²) in [5, 5.41) is 2.29. The number of nitrogens with two attached hydrogens (primary N) is 1. The fourth-order valence-corrected chi connectivity index (χ4v) is 3.89. The molecule has 1 aliphatic rings. The van der Waals surface area contributed by atoms with E-state index < -0.39 is 58.9 Å². The van der Waals surface area contributed by atoms with Crippen molar-refractivity contribution in [3.63, 3.8) is 0 Å². The fourth-order valence-electron chi connectivity index (χ4n) is 3.89. The molecule has 12 heteroatoms. The molecule has 0 aliphatic carbocycles. The van der Waals surface area contributed by atoms with Gasteiger partial charge in [0, 0.05) is 29.2 Å². The predicted molar refractivity (Wildman–Crippen MR) is 106 cm³/mol. The molecule has 3 N–H and O–H groups in total. The molecule has 2 amide bonds. The molecular weight excluding hydrogens is 453 g/mol. The Hall–Kier alpha value is -3.28. The molecule has 7 nitrogen and oxygen atoms in total. The molecule has 1 fully saturated rings. The minimum atomic E-state index is -4.89. The largest absolute Gasteiger partial charge is 0.493 e. The van der Waals surface area contributed by atoms with Crippen LogP contribution in [-0.4, -0.2) is 41.8 Å². The topological polar surface area (TPSA) is 104 Å². The van der Waals surface area contributed by atoms with Crippen molar-refractivity contribution in [2.75, 3.05) is 12.4 Å². The van der Waals surface area contributed by atoms with Crippen LogP contribution in [0.2, 0.25) is 0 Å². The third-order valence-electron chi connectivity index (χ3n) is 5.87. The number of hydrogen-bond acceptors (Lipinski definition) is 5. The Bertz CT molecular complexity index is 1090. The average molecular weight is 473 g/mol. The molecule has 3 rings (SSSR count). The third-order valence-corrected chi connectivity index (χ3v) is 5.87. The first-order chi connectivity index (χ1) is 15.3. The fraction of sp³-hybridized carbons (Fsp3) is 0.381. The highest BCUT2D eigenvalue weighted by molar-refractivity contribution is 5.97. The summed E-state index contributed by atoms with van der Waals surface area (Å²) in [5.41, 5.74) is 2.22. The van der Waals surface area contributed by atoms with Crippen LogP contribution in [0.4, 0.5) is 27.8 Å². The van der Waals surface area contributed by atoms with Crippen LogP contribution in [0.25, 0.3) is 0 Å². The van der Waals surface area contributed by atoms with Gasteiger partial charge < -0.3 is 20.5 Å². The van der Waals surface area contributed by atoms with Gasteiger partial charge in [-0.15, -0.1) is 0 Å². The Labute approximate surface area is 185 Å². The van der Waals surface area contributed by atoms with Gasteiger partial charge >= 0.3 is 6.18 Å². The highest BCUT2D eigenvalue weighted by Gasteiger charge is 2.65. The number of ether oxygens (including phenoxy) is 2. The average Bonchev–Trinajstić information content (AvgIpc) is 3.02. The Morgan fingerprint density at radius 3 is 2.48 bits per heavy atom. The number of amides is 2. The maximum absolute atomic E-state index is 14.3. The van der Waals surface area contributed by atoms with Gasteiger partial charge in [-0.05, 0) is 25.1 Å². The van der Waals surface area contributed by atoms with Crippen molar-refractivity contribution in [3.8, 4) is 5.75 Å². The second-order valence-corrected chi connectivity index (χ2v) is 7.72. The zero-order chi connectivity index (χ0) is 24.7. The van der Waals surface area contributed by atoms with Gasteiger partial charge in [-0.3, -0.25) is 9.59 Å². The van der Waals surface area contributed by atoms with Crippen LogP contribution in [0.3, 0.4) is 0 Å². The van der Waals surface area contributed by atoms with Gasteiger partial charge in [0.25, 0.3) is 5.91 Å². The molecule has 2 aromatic rings. The monoisotopic (exact) mass is 473 g/mol. The smallest absolute Gasteiger partial charge is 0.417 e. The maximum Gasteiger partial charge on any atom is 0.417 e. The van der Waals surface area contributed by atoms with E-state index in [2.05, 4.69) is 10.3 Å². The number of benzene rings is 1. The number of carbonyl (C=O) groups is 2. The number of hydrogen-bond donors (Lipinski definition) is 2. The minimum absolute atomic E-state index is 0.0000342. The predicted octanol–water partition coefficient (Wildman–Crippen LogP) is 3.55. The van der Waals surface area contributed by atoms with Crippen LogP contribution in [-0.2, 0) is 9.53 Å². The lowest BCUT2D eigenvalue weighted by Gasteiger charge is -2.32. The number of pyridine rings is 1. The van der Waals surface area contributed by atoms with Crippen LogP contribution in [0.1, 0.15) is 35.7 Å². The van der Waals surface area contributed by atoms with Gasteiger partial charge in [-0.2, -0.15) is 17.6 Å². The van der Waals surface area contributed by atoms with E-state index >= 15 is 0 Å². The van der Waals surface area contributed by atoms with Crippen molar-refractivity contribution in [2.45, 2.75) is 37.6 Å². The molecule has 0 radical (unpaired) electrons. The Morgan fingerprint density at radius 2 is 1.91 bits per heavy atom. The van der Waals surface area contributed by atoms with Gasteiger partial charge in [-0.25, -0.2) is 9.37 Å². The van der Waals surface area contributed by atoms with Crippen molar-refractivity contribution in [1.29, 1.82) is 0 Å². The van der Waals surface area contributed by atoms with Crippen LogP contribution < -0.4 is 15.8 Å². The zero-order valence-corrected chi connectivity index (χ0v) is 17.7. The Morgan fingerprint density at radius 1 is 1.24 bits per heavy atom. The molecule has 33 heavy (non-hydrogen) atoms. The van der Waals surface area contributed by atoms with Crippen molar-refractivity contribution < 1.29 is 41.0 Å². The van der Waals surface area contributed by atoms with E-state index in [9.17, 15) is 31.5 Å². The summed E-state index contributed by atoms with van der Waals surface area (Å²) in [5.74, 6) is -8.10. The Balaban J connectivity index is 2.07. The van der Waals surface area contributed by atoms with Crippen molar-refractivity contribution in [1.82, 2.24) is 4.98 Å². The van der Waals surface area contributed by atoms with Gasteiger partial charge in [-0.1, -0.05) is 13.0 Å². The summed E-state index contributed by atoms with van der Waals surface area (Å²) in [4.78, 5) is 28.2. The molecule has 0 unspecified atom stereocenters. The van der Waals surface area contributed by atoms with E-state index in [1.807, 2.05) is 0 Å². The number of nitrogens with zero attached hydrogens (tertiary/aromatic N) is 1. The van der Waals surface area contributed by atoms with Gasteiger partial charge in [0.05, 0.1) is 7.11 Å². The molecule has 0 spiro atoms. The summed E-state index contributed by atoms with van der Waals surface area (Å²) in [6, 6.07) is 4.20. The number of methoxy groups -OCH3 is 1. The first kappa shape index (κ1) is 24.4. The number of halogens is 5. The van der Waals surface area contributed by atoms with E-state index in [4.69, 9.17) is 15.2 Å². The summed E-state index contributed by atoms with van der Waals surface area (Å²) in [7, 11) is 1.03. The highest BCUT2D eigenvalue weighted by Crippen LogP contribution is 2.54. The van der Waals surface area contributed by atoms with Gasteiger partial charge in [0.15, 0.2) is 17.2 Å². The molecule has 2 heterocycles. The number of anilines is 1. The number of nitrogens with one attached hydrogen (secondary N) is 1. The van der Waals surface area contributed by atoms with Crippen LogP contribution in [0, 0.1) is 17.6 Å². The summed E-state index contributed by atoms with van der Waals surface area (Å²) >= 11 is 0. The van der Waals surface area contributed by atoms with Crippen molar-refractivity contribution in [2.24, 2.45) is 11.7 Å². The summed E-state index contributed by atoms with van der Waals surface area (Å²) < 4.78 is 80.0. The Kier molecular flexibility index (Phi) is 6.33. The van der Waals surface area contributed by atoms with Crippen LogP contribution in [0.15, 0.2) is 30.5 Å². The molecule has 0 saturated carbocycles. The third kappa shape index (κ3) is 4.22. The lowest BCUT2D eigenvalue weighted by molar-refractivity contribution is -0.272. The summed E-state index contributed by atoms with van der Waals surface area (Å²) in [6.07, 6.45) is -5.51. The molecule has 1 aromatic heterocycles. The second kappa shape index (κ2) is 8.58. The second-order valence-electron chi connectivity index (χ2n) is 7.72. The number of aromatic nitrogens is 1. The summed E-state index contributed by atoms with van der Waals surface area (Å²) in [6.45, 7) is 1.97. The van der Waals surface area contributed by atoms with E-state index in [0.717, 1.165) is 32.2 Å². The number of primary amides is 1. The molecular formula is C21H20F5N3O4. The lowest BCUT2D eigenvalue weighted by Crippen LogP contribution is -2.47. The molecule has 4 atom stereocenters. The minimum Gasteiger partial charge on any atom is -0.493 e. The first-order valence-electron chi connectivity index (χ1n) is 9.65. The lowest BCUT2D eigenvalue weighted by atomic mass is 9.77. The molecule has 1 aromatic carbocycles. The van der Waals surface area contributed by atoms with E-state index in [0.29, 0.717) is 0 Å². The van der Waals surface area contributed by atoms with Gasteiger partial charge in [0.2, 0.25) is 11.7 Å².